The van der Waals surface area contributed by atoms with Crippen molar-refractivity contribution in [3.63, 3.8) is 0 Å². The van der Waals surface area contributed by atoms with Crippen LogP contribution in [0.1, 0.15) is 29.7 Å². The van der Waals surface area contributed by atoms with Gasteiger partial charge in [-0.1, -0.05) is 23.7 Å². The van der Waals surface area contributed by atoms with Crippen LogP contribution in [0.5, 0.6) is 0 Å². The molecule has 1 unspecified atom stereocenters. The number of fused-ring (bicyclic) bond motifs is 3. The summed E-state index contributed by atoms with van der Waals surface area (Å²) in [5, 5.41) is 1.66. The van der Waals surface area contributed by atoms with Crippen LogP contribution >= 0.6 is 23.2 Å². The van der Waals surface area contributed by atoms with Crippen molar-refractivity contribution in [2.24, 2.45) is 0 Å². The lowest BCUT2D eigenvalue weighted by Gasteiger charge is -2.08. The highest BCUT2D eigenvalue weighted by atomic mass is 35.5. The Morgan fingerprint density at radius 3 is 3.06 bits per heavy atom. The van der Waals surface area contributed by atoms with E-state index in [1.807, 2.05) is 19.1 Å². The molecule has 0 saturated carbocycles. The second-order valence-electron chi connectivity index (χ2n) is 4.23. The number of pyridine rings is 1. The molecule has 1 aliphatic heterocycles. The lowest BCUT2D eigenvalue weighted by atomic mass is 10.0. The van der Waals surface area contributed by atoms with Gasteiger partial charge in [0.1, 0.15) is 5.15 Å². The van der Waals surface area contributed by atoms with E-state index in [0.717, 1.165) is 27.6 Å². The Labute approximate surface area is 110 Å². The van der Waals surface area contributed by atoms with Crippen molar-refractivity contribution in [1.29, 1.82) is 0 Å². The molecule has 4 heteroatoms. The molecule has 0 spiro atoms. The fourth-order valence-electron chi connectivity index (χ4n) is 2.30. The Bertz CT molecular complexity index is 597. The molecule has 3 rings (SSSR count). The first-order chi connectivity index (χ1) is 8.20. The van der Waals surface area contributed by atoms with Crippen LogP contribution in [0.2, 0.25) is 5.15 Å². The zero-order valence-electron chi connectivity index (χ0n) is 9.34. The van der Waals surface area contributed by atoms with E-state index >= 15 is 0 Å². The Morgan fingerprint density at radius 1 is 1.47 bits per heavy atom. The van der Waals surface area contributed by atoms with Crippen LogP contribution in [0.4, 0.5) is 0 Å². The number of ether oxygens (including phenoxy) is 1. The average Bonchev–Trinajstić information content (AvgIpc) is 2.71. The summed E-state index contributed by atoms with van der Waals surface area (Å²) in [5.74, 6) is 0.485. The molecule has 88 valence electrons. The first kappa shape index (κ1) is 11.3. The summed E-state index contributed by atoms with van der Waals surface area (Å²) in [6, 6.07) is 6.06. The minimum Gasteiger partial charge on any atom is -0.369 e. The summed E-state index contributed by atoms with van der Waals surface area (Å²) in [7, 11) is 0. The Hall–Kier alpha value is -0.830. The maximum absolute atomic E-state index is 6.21. The number of rotatable bonds is 1. The van der Waals surface area contributed by atoms with Gasteiger partial charge in [0.25, 0.3) is 0 Å². The minimum absolute atomic E-state index is 0.0297. The number of benzene rings is 1. The quantitative estimate of drug-likeness (QED) is 0.570. The number of nitrogens with zero attached hydrogens (tertiary/aromatic N) is 1. The molecule has 1 aromatic carbocycles. The smallest absolute Gasteiger partial charge is 0.135 e. The molecular formula is C13H11Cl2NO. The van der Waals surface area contributed by atoms with Gasteiger partial charge in [-0.25, -0.2) is 4.98 Å². The molecule has 1 aromatic heterocycles. The van der Waals surface area contributed by atoms with Gasteiger partial charge in [0.15, 0.2) is 0 Å². The maximum atomic E-state index is 6.21. The largest absolute Gasteiger partial charge is 0.369 e. The molecule has 0 amide bonds. The second-order valence-corrected chi connectivity index (χ2v) is 4.86. The number of alkyl halides is 1. The Kier molecular flexibility index (Phi) is 2.74. The summed E-state index contributed by atoms with van der Waals surface area (Å²) < 4.78 is 5.62. The van der Waals surface area contributed by atoms with Crippen LogP contribution in [-0.4, -0.2) is 4.98 Å². The fraction of sp³-hybridized carbons (Fsp3) is 0.308. The van der Waals surface area contributed by atoms with Crippen molar-refractivity contribution in [3.8, 4) is 0 Å². The summed E-state index contributed by atoms with van der Waals surface area (Å²) in [4.78, 5) is 4.43. The van der Waals surface area contributed by atoms with Crippen LogP contribution in [0.3, 0.4) is 0 Å². The van der Waals surface area contributed by atoms with Crippen molar-refractivity contribution in [3.05, 3.63) is 40.0 Å². The van der Waals surface area contributed by atoms with Crippen LogP contribution in [0.15, 0.2) is 18.2 Å². The third-order valence-corrected chi connectivity index (χ3v) is 3.79. The Morgan fingerprint density at radius 2 is 2.29 bits per heavy atom. The Balaban J connectivity index is 2.33. The first-order valence-electron chi connectivity index (χ1n) is 5.49. The summed E-state index contributed by atoms with van der Waals surface area (Å²) in [6.45, 7) is 2.60. The molecule has 2 heterocycles. The predicted octanol–water partition coefficient (Wildman–Crippen LogP) is 4.22. The number of aromatic nitrogens is 1. The van der Waals surface area contributed by atoms with Crippen molar-refractivity contribution >= 4 is 34.1 Å². The second kappa shape index (κ2) is 4.13. The highest BCUT2D eigenvalue weighted by Gasteiger charge is 2.25. The molecule has 0 aliphatic carbocycles. The van der Waals surface area contributed by atoms with Crippen molar-refractivity contribution in [1.82, 2.24) is 4.98 Å². The first-order valence-corrected chi connectivity index (χ1v) is 6.40. The summed E-state index contributed by atoms with van der Waals surface area (Å²) in [5.41, 5.74) is 4.13. The van der Waals surface area contributed by atoms with Crippen LogP contribution in [0, 0.1) is 0 Å². The zero-order valence-corrected chi connectivity index (χ0v) is 10.8. The van der Waals surface area contributed by atoms with Gasteiger partial charge in [-0.15, -0.1) is 11.6 Å². The standard InChI is InChI=1S/C13H11Cl2NO/c1-7-12-10(6-17-7)9-3-2-8(5-14)4-11(9)16-13(12)15/h2-4,7H,5-6H2,1H3. The number of hydrogen-bond donors (Lipinski definition) is 0. The molecule has 0 N–H and O–H groups in total. The third-order valence-electron chi connectivity index (χ3n) is 3.19. The fourth-order valence-corrected chi connectivity index (χ4v) is 2.83. The van der Waals surface area contributed by atoms with Crippen molar-refractivity contribution < 1.29 is 4.74 Å². The molecule has 1 aliphatic rings. The summed E-state index contributed by atoms with van der Waals surface area (Å²) >= 11 is 12.0. The van der Waals surface area contributed by atoms with Gasteiger partial charge in [0.05, 0.1) is 18.2 Å². The van der Waals surface area contributed by atoms with Gasteiger partial charge in [-0.3, -0.25) is 0 Å². The molecular weight excluding hydrogens is 257 g/mol. The third kappa shape index (κ3) is 1.71. The molecule has 2 nitrogen and oxygen atoms in total. The van der Waals surface area contributed by atoms with Crippen molar-refractivity contribution in [2.45, 2.75) is 25.5 Å². The van der Waals surface area contributed by atoms with E-state index in [2.05, 4.69) is 11.1 Å². The SMILES string of the molecule is CC1OCc2c1c(Cl)nc1cc(CCl)ccc21. The van der Waals surface area contributed by atoms with E-state index in [1.54, 1.807) is 0 Å². The summed E-state index contributed by atoms with van der Waals surface area (Å²) in [6.07, 6.45) is 0.0297. The molecule has 2 aromatic rings. The zero-order chi connectivity index (χ0) is 12.0. The average molecular weight is 268 g/mol. The van der Waals surface area contributed by atoms with Gasteiger partial charge in [-0.05, 0) is 24.1 Å². The molecule has 17 heavy (non-hydrogen) atoms. The molecule has 0 fully saturated rings. The maximum Gasteiger partial charge on any atom is 0.135 e. The highest BCUT2D eigenvalue weighted by molar-refractivity contribution is 6.31. The lowest BCUT2D eigenvalue weighted by Crippen LogP contribution is -1.94. The van der Waals surface area contributed by atoms with Crippen LogP contribution < -0.4 is 0 Å². The highest BCUT2D eigenvalue weighted by Crippen LogP contribution is 2.38. The molecule has 0 radical (unpaired) electrons. The van der Waals surface area contributed by atoms with E-state index in [0.29, 0.717) is 17.6 Å². The topological polar surface area (TPSA) is 22.1 Å². The van der Waals surface area contributed by atoms with Crippen molar-refractivity contribution in [2.75, 3.05) is 0 Å². The van der Waals surface area contributed by atoms with Gasteiger partial charge in [0, 0.05) is 16.8 Å². The van der Waals surface area contributed by atoms with Crippen LogP contribution in [-0.2, 0) is 17.2 Å². The number of hydrogen-bond acceptors (Lipinski definition) is 2. The van der Waals surface area contributed by atoms with E-state index in [-0.39, 0.29) is 6.10 Å². The van der Waals surface area contributed by atoms with Gasteiger partial charge in [0.2, 0.25) is 0 Å². The monoisotopic (exact) mass is 267 g/mol. The molecule has 1 atom stereocenters. The van der Waals surface area contributed by atoms with E-state index in [1.165, 1.54) is 0 Å². The van der Waals surface area contributed by atoms with Gasteiger partial charge >= 0.3 is 0 Å². The van der Waals surface area contributed by atoms with E-state index in [9.17, 15) is 0 Å². The van der Waals surface area contributed by atoms with Gasteiger partial charge < -0.3 is 4.74 Å². The number of halogens is 2. The van der Waals surface area contributed by atoms with Crippen LogP contribution in [0.25, 0.3) is 10.9 Å². The lowest BCUT2D eigenvalue weighted by molar-refractivity contribution is 0.0799. The predicted molar refractivity (Wildman–Crippen MR) is 69.5 cm³/mol. The normalized spacial score (nSPS) is 18.6. The van der Waals surface area contributed by atoms with Gasteiger partial charge in [-0.2, -0.15) is 0 Å². The minimum atomic E-state index is 0.0297. The van der Waals surface area contributed by atoms with E-state index < -0.39 is 0 Å². The molecule has 0 bridgehead atoms. The molecule has 0 saturated heterocycles. The van der Waals surface area contributed by atoms with E-state index in [4.69, 9.17) is 27.9 Å².